The average Bonchev–Trinajstić information content (AvgIpc) is 2.99. The smallest absolute Gasteiger partial charge is 0.154 e. The van der Waals surface area contributed by atoms with Crippen molar-refractivity contribution in [2.75, 3.05) is 5.75 Å². The predicted octanol–water partition coefficient (Wildman–Crippen LogP) is 5.90. The standard InChI is InChI=1S/C24H44O3S/c1-4-5-6-7-11-14-21(19-12-9-8-10-13-19)28(26,27)18-24-16-15-20(17-22(24)25)23(24,2)3/h19-22,25H,4-18H2,1-3H3. The minimum Gasteiger partial charge on any atom is -0.392 e. The van der Waals surface area contributed by atoms with Gasteiger partial charge >= 0.3 is 0 Å². The fraction of sp³-hybridized carbons (Fsp3) is 1.00. The molecule has 0 amide bonds. The summed E-state index contributed by atoms with van der Waals surface area (Å²) >= 11 is 0. The number of unbranched alkanes of at least 4 members (excludes halogenated alkanes) is 4. The van der Waals surface area contributed by atoms with Crippen molar-refractivity contribution in [3.63, 3.8) is 0 Å². The SMILES string of the molecule is CCCCCCCC(C1CCCCC1)S(=O)(=O)CC12CCC(CC1O)C2(C)C. The Bertz CT molecular complexity index is 605. The van der Waals surface area contributed by atoms with Gasteiger partial charge in [0.1, 0.15) is 0 Å². The second-order valence-electron chi connectivity index (χ2n) is 10.8. The van der Waals surface area contributed by atoms with E-state index in [0.717, 1.165) is 51.4 Å². The highest BCUT2D eigenvalue weighted by Crippen LogP contribution is 2.66. The third-order valence-corrected chi connectivity index (χ3v) is 11.5. The van der Waals surface area contributed by atoms with Gasteiger partial charge in [0.25, 0.3) is 0 Å². The number of aliphatic hydroxyl groups excluding tert-OH is 1. The molecule has 0 aliphatic heterocycles. The van der Waals surface area contributed by atoms with Crippen LogP contribution in [0.3, 0.4) is 0 Å². The summed E-state index contributed by atoms with van der Waals surface area (Å²) in [4.78, 5) is 0. The summed E-state index contributed by atoms with van der Waals surface area (Å²) in [5, 5.41) is 10.7. The molecule has 3 nitrogen and oxygen atoms in total. The number of aliphatic hydroxyl groups is 1. The summed E-state index contributed by atoms with van der Waals surface area (Å²) in [6.45, 7) is 6.66. The lowest BCUT2D eigenvalue weighted by Gasteiger charge is -2.42. The normalized spacial score (nSPS) is 34.0. The highest BCUT2D eigenvalue weighted by atomic mass is 32.2. The second kappa shape index (κ2) is 8.96. The lowest BCUT2D eigenvalue weighted by Crippen LogP contribution is -2.47. The van der Waals surface area contributed by atoms with Gasteiger partial charge in [-0.05, 0) is 55.8 Å². The Morgan fingerprint density at radius 2 is 1.68 bits per heavy atom. The quantitative estimate of drug-likeness (QED) is 0.455. The minimum atomic E-state index is -3.21. The number of sulfone groups is 1. The van der Waals surface area contributed by atoms with Crippen molar-refractivity contribution in [1.29, 1.82) is 0 Å². The lowest BCUT2D eigenvalue weighted by atomic mass is 9.70. The number of hydrogen-bond acceptors (Lipinski definition) is 3. The maximum atomic E-state index is 13.8. The third-order valence-electron chi connectivity index (χ3n) is 9.08. The fourth-order valence-electron chi connectivity index (χ4n) is 7.01. The molecular formula is C24H44O3S. The Labute approximate surface area is 174 Å². The van der Waals surface area contributed by atoms with Crippen LogP contribution in [-0.4, -0.2) is 30.6 Å². The van der Waals surface area contributed by atoms with Gasteiger partial charge in [-0.25, -0.2) is 8.42 Å². The topological polar surface area (TPSA) is 54.4 Å². The van der Waals surface area contributed by atoms with E-state index in [9.17, 15) is 13.5 Å². The molecule has 0 radical (unpaired) electrons. The second-order valence-corrected chi connectivity index (χ2v) is 13.0. The highest BCUT2D eigenvalue weighted by Gasteiger charge is 2.65. The van der Waals surface area contributed by atoms with Gasteiger partial charge in [-0.3, -0.25) is 0 Å². The van der Waals surface area contributed by atoms with Crippen molar-refractivity contribution in [3.05, 3.63) is 0 Å². The van der Waals surface area contributed by atoms with Crippen LogP contribution in [0, 0.1) is 22.7 Å². The van der Waals surface area contributed by atoms with Crippen molar-refractivity contribution in [3.8, 4) is 0 Å². The zero-order valence-corrected chi connectivity index (χ0v) is 19.4. The van der Waals surface area contributed by atoms with Crippen LogP contribution in [-0.2, 0) is 9.84 Å². The molecule has 0 aromatic carbocycles. The van der Waals surface area contributed by atoms with Crippen LogP contribution in [0.2, 0.25) is 0 Å². The van der Waals surface area contributed by atoms with E-state index in [1.165, 1.54) is 38.5 Å². The van der Waals surface area contributed by atoms with Gasteiger partial charge in [0, 0.05) is 5.41 Å². The molecule has 2 bridgehead atoms. The molecule has 0 saturated heterocycles. The van der Waals surface area contributed by atoms with Gasteiger partial charge in [0.05, 0.1) is 17.1 Å². The fourth-order valence-corrected chi connectivity index (χ4v) is 10.0. The maximum Gasteiger partial charge on any atom is 0.154 e. The first-order chi connectivity index (χ1) is 13.2. The van der Waals surface area contributed by atoms with Crippen LogP contribution in [0.4, 0.5) is 0 Å². The van der Waals surface area contributed by atoms with E-state index in [1.807, 2.05) is 0 Å². The van der Waals surface area contributed by atoms with Gasteiger partial charge in [0.15, 0.2) is 9.84 Å². The van der Waals surface area contributed by atoms with Gasteiger partial charge in [0.2, 0.25) is 0 Å². The molecule has 4 unspecified atom stereocenters. The molecular weight excluding hydrogens is 368 g/mol. The summed E-state index contributed by atoms with van der Waals surface area (Å²) < 4.78 is 27.6. The molecule has 3 aliphatic carbocycles. The maximum absolute atomic E-state index is 13.8. The third kappa shape index (κ3) is 4.19. The summed E-state index contributed by atoms with van der Waals surface area (Å²) in [7, 11) is -3.21. The van der Waals surface area contributed by atoms with Crippen LogP contribution in [0.1, 0.15) is 111 Å². The van der Waals surface area contributed by atoms with E-state index >= 15 is 0 Å². The highest BCUT2D eigenvalue weighted by molar-refractivity contribution is 7.92. The van der Waals surface area contributed by atoms with Crippen molar-refractivity contribution >= 4 is 9.84 Å². The Hall–Kier alpha value is -0.0900. The Balaban J connectivity index is 1.75. The van der Waals surface area contributed by atoms with E-state index in [2.05, 4.69) is 20.8 Å². The van der Waals surface area contributed by atoms with E-state index < -0.39 is 21.4 Å². The Morgan fingerprint density at radius 1 is 1.00 bits per heavy atom. The van der Waals surface area contributed by atoms with Gasteiger partial charge < -0.3 is 5.11 Å². The molecule has 3 saturated carbocycles. The van der Waals surface area contributed by atoms with Crippen molar-refractivity contribution < 1.29 is 13.5 Å². The molecule has 4 atom stereocenters. The van der Waals surface area contributed by atoms with Crippen molar-refractivity contribution in [2.24, 2.45) is 22.7 Å². The molecule has 0 aromatic heterocycles. The Morgan fingerprint density at radius 3 is 2.25 bits per heavy atom. The summed E-state index contributed by atoms with van der Waals surface area (Å²) in [5.41, 5.74) is -0.469. The first-order valence-electron chi connectivity index (χ1n) is 12.1. The van der Waals surface area contributed by atoms with Gasteiger partial charge in [-0.15, -0.1) is 0 Å². The monoisotopic (exact) mass is 412 g/mol. The predicted molar refractivity (Wildman–Crippen MR) is 117 cm³/mol. The van der Waals surface area contributed by atoms with Gasteiger partial charge in [-0.2, -0.15) is 0 Å². The number of rotatable bonds is 10. The molecule has 3 aliphatic rings. The number of hydrogen-bond donors (Lipinski definition) is 1. The van der Waals surface area contributed by atoms with E-state index in [-0.39, 0.29) is 16.4 Å². The largest absolute Gasteiger partial charge is 0.392 e. The van der Waals surface area contributed by atoms with Crippen LogP contribution >= 0.6 is 0 Å². The van der Waals surface area contributed by atoms with E-state index in [0.29, 0.717) is 11.8 Å². The summed E-state index contributed by atoms with van der Waals surface area (Å²) in [6, 6.07) is 0. The van der Waals surface area contributed by atoms with Crippen LogP contribution in [0.15, 0.2) is 0 Å². The average molecular weight is 413 g/mol. The van der Waals surface area contributed by atoms with Crippen molar-refractivity contribution in [2.45, 2.75) is 122 Å². The van der Waals surface area contributed by atoms with Crippen LogP contribution in [0.25, 0.3) is 0 Å². The minimum absolute atomic E-state index is 0.0578. The molecule has 3 rings (SSSR count). The zero-order chi connectivity index (χ0) is 20.4. The molecule has 0 spiro atoms. The summed E-state index contributed by atoms with van der Waals surface area (Å²) in [5.74, 6) is 1.06. The number of fused-ring (bicyclic) bond motifs is 2. The molecule has 0 aromatic rings. The first kappa shape index (κ1) is 22.6. The first-order valence-corrected chi connectivity index (χ1v) is 13.9. The summed E-state index contributed by atoms with van der Waals surface area (Å²) in [6.07, 6.45) is 14.9. The molecule has 4 heteroatoms. The van der Waals surface area contributed by atoms with E-state index in [1.54, 1.807) is 0 Å². The Kier molecular flexibility index (Phi) is 7.23. The van der Waals surface area contributed by atoms with E-state index in [4.69, 9.17) is 0 Å². The van der Waals surface area contributed by atoms with Crippen molar-refractivity contribution in [1.82, 2.24) is 0 Å². The lowest BCUT2D eigenvalue weighted by molar-refractivity contribution is 0.0151. The zero-order valence-electron chi connectivity index (χ0n) is 18.6. The molecule has 0 heterocycles. The molecule has 28 heavy (non-hydrogen) atoms. The molecule has 1 N–H and O–H groups in total. The molecule has 3 fully saturated rings. The molecule has 164 valence electrons. The van der Waals surface area contributed by atoms with Gasteiger partial charge in [-0.1, -0.05) is 72.1 Å². The van der Waals surface area contributed by atoms with Crippen LogP contribution < -0.4 is 0 Å². The van der Waals surface area contributed by atoms with Crippen LogP contribution in [0.5, 0.6) is 0 Å².